The number of hydrogen-bond donors (Lipinski definition) is 2. The first-order chi connectivity index (χ1) is 10.9. The zero-order valence-electron chi connectivity index (χ0n) is 12.5. The van der Waals surface area contributed by atoms with Gasteiger partial charge in [0.1, 0.15) is 5.92 Å². The van der Waals surface area contributed by atoms with Crippen molar-refractivity contribution in [1.29, 1.82) is 0 Å². The molecule has 0 aliphatic heterocycles. The van der Waals surface area contributed by atoms with Crippen LogP contribution in [0.4, 0.5) is 37.7 Å². The summed E-state index contributed by atoms with van der Waals surface area (Å²) < 4.78 is 79.3. The molecule has 0 saturated heterocycles. The summed E-state index contributed by atoms with van der Waals surface area (Å²) in [5.41, 5.74) is 8.91. The molecule has 0 bridgehead atoms. The maximum atomic E-state index is 13.5. The Bertz CT molecular complexity index is 749. The van der Waals surface area contributed by atoms with Gasteiger partial charge in [0.2, 0.25) is 0 Å². The van der Waals surface area contributed by atoms with Crippen molar-refractivity contribution in [2.45, 2.75) is 25.2 Å². The van der Waals surface area contributed by atoms with E-state index in [0.717, 1.165) is 18.2 Å². The van der Waals surface area contributed by atoms with Crippen molar-refractivity contribution in [2.75, 3.05) is 11.5 Å². The van der Waals surface area contributed by atoms with E-state index in [2.05, 4.69) is 0 Å². The van der Waals surface area contributed by atoms with Crippen molar-refractivity contribution in [3.05, 3.63) is 58.7 Å². The van der Waals surface area contributed by atoms with Crippen molar-refractivity contribution in [1.82, 2.24) is 0 Å². The molecule has 24 heavy (non-hydrogen) atoms. The van der Waals surface area contributed by atoms with Gasteiger partial charge >= 0.3 is 12.4 Å². The highest BCUT2D eigenvalue weighted by Crippen LogP contribution is 2.43. The largest absolute Gasteiger partial charge is 0.418 e. The minimum Gasteiger partial charge on any atom is -0.399 e. The van der Waals surface area contributed by atoms with Gasteiger partial charge in [-0.15, -0.1) is 0 Å². The number of alkyl halides is 6. The molecule has 1 unspecified atom stereocenters. The third-order valence-electron chi connectivity index (χ3n) is 3.67. The number of nitrogen functional groups attached to an aromatic ring is 2. The second kappa shape index (κ2) is 5.92. The van der Waals surface area contributed by atoms with Crippen LogP contribution in [-0.2, 0) is 6.18 Å². The molecule has 1 atom stereocenters. The molecule has 0 heterocycles. The Balaban J connectivity index is 2.64. The third-order valence-corrected chi connectivity index (χ3v) is 3.67. The molecule has 2 aromatic rings. The van der Waals surface area contributed by atoms with Crippen LogP contribution in [0.1, 0.15) is 28.2 Å². The summed E-state index contributed by atoms with van der Waals surface area (Å²) in [6.45, 7) is 1.52. The summed E-state index contributed by atoms with van der Waals surface area (Å²) in [5.74, 6) is -2.21. The Hall–Kier alpha value is -2.38. The minimum atomic E-state index is -4.84. The molecule has 2 aromatic carbocycles. The molecule has 2 nitrogen and oxygen atoms in total. The second-order valence-corrected chi connectivity index (χ2v) is 5.44. The maximum Gasteiger partial charge on any atom is 0.418 e. The van der Waals surface area contributed by atoms with Crippen LogP contribution in [0.25, 0.3) is 0 Å². The first-order valence-electron chi connectivity index (χ1n) is 6.80. The van der Waals surface area contributed by atoms with E-state index >= 15 is 0 Å². The summed E-state index contributed by atoms with van der Waals surface area (Å²) >= 11 is 0. The van der Waals surface area contributed by atoms with E-state index in [4.69, 9.17) is 11.5 Å². The van der Waals surface area contributed by atoms with Crippen molar-refractivity contribution < 1.29 is 26.3 Å². The number of halogens is 6. The van der Waals surface area contributed by atoms with Gasteiger partial charge in [0.05, 0.1) is 5.56 Å². The van der Waals surface area contributed by atoms with Gasteiger partial charge in [0.25, 0.3) is 0 Å². The third kappa shape index (κ3) is 3.58. The number of rotatable bonds is 2. The summed E-state index contributed by atoms with van der Waals surface area (Å²) in [6, 6.07) is 5.90. The molecule has 0 aliphatic carbocycles. The van der Waals surface area contributed by atoms with E-state index in [1.807, 2.05) is 0 Å². The van der Waals surface area contributed by atoms with Gasteiger partial charge < -0.3 is 11.5 Å². The number of anilines is 2. The van der Waals surface area contributed by atoms with Crippen molar-refractivity contribution in [3.8, 4) is 0 Å². The average Bonchev–Trinajstić information content (AvgIpc) is 2.42. The summed E-state index contributed by atoms with van der Waals surface area (Å²) in [4.78, 5) is 0. The van der Waals surface area contributed by atoms with Gasteiger partial charge in [0, 0.05) is 11.4 Å². The lowest BCUT2D eigenvalue weighted by Gasteiger charge is -2.23. The molecular weight excluding hydrogens is 334 g/mol. The van der Waals surface area contributed by atoms with Gasteiger partial charge in [0.15, 0.2) is 0 Å². The molecule has 0 aliphatic rings. The molecule has 4 N–H and O–H groups in total. The van der Waals surface area contributed by atoms with Crippen LogP contribution in [0.2, 0.25) is 0 Å². The normalized spacial score (nSPS) is 13.8. The molecule has 130 valence electrons. The number of nitrogens with two attached hydrogens (primary N) is 2. The highest BCUT2D eigenvalue weighted by atomic mass is 19.4. The van der Waals surface area contributed by atoms with Gasteiger partial charge in [-0.1, -0.05) is 18.2 Å². The molecule has 0 saturated carbocycles. The summed E-state index contributed by atoms with van der Waals surface area (Å²) in [6.07, 6.45) is -9.62. The topological polar surface area (TPSA) is 52.0 Å². The highest BCUT2D eigenvalue weighted by Gasteiger charge is 2.43. The SMILES string of the molecule is Cc1cc(C(c2ccc(N)c(C(F)(F)F)c2)C(F)(F)F)ccc1N. The fraction of sp³-hybridized carbons (Fsp3) is 0.250. The maximum absolute atomic E-state index is 13.5. The van der Waals surface area contributed by atoms with E-state index in [-0.39, 0.29) is 5.56 Å². The van der Waals surface area contributed by atoms with Gasteiger partial charge in [-0.25, -0.2) is 0 Å². The molecule has 2 rings (SSSR count). The lowest BCUT2D eigenvalue weighted by molar-refractivity contribution is -0.143. The fourth-order valence-electron chi connectivity index (χ4n) is 2.45. The Morgan fingerprint density at radius 3 is 1.75 bits per heavy atom. The Morgan fingerprint density at radius 1 is 0.792 bits per heavy atom. The van der Waals surface area contributed by atoms with Crippen LogP contribution in [0.3, 0.4) is 0 Å². The van der Waals surface area contributed by atoms with Crippen LogP contribution in [0.15, 0.2) is 36.4 Å². The lowest BCUT2D eigenvalue weighted by atomic mass is 9.88. The van der Waals surface area contributed by atoms with Crippen LogP contribution in [0, 0.1) is 6.92 Å². The first kappa shape index (κ1) is 18.0. The molecule has 0 radical (unpaired) electrons. The zero-order chi connectivity index (χ0) is 18.3. The molecule has 0 amide bonds. The van der Waals surface area contributed by atoms with Crippen molar-refractivity contribution in [2.24, 2.45) is 0 Å². The smallest absolute Gasteiger partial charge is 0.399 e. The lowest BCUT2D eigenvalue weighted by Crippen LogP contribution is -2.23. The summed E-state index contributed by atoms with van der Waals surface area (Å²) in [5, 5.41) is 0. The summed E-state index contributed by atoms with van der Waals surface area (Å²) in [7, 11) is 0. The molecule has 0 spiro atoms. The predicted molar refractivity (Wildman–Crippen MR) is 79.3 cm³/mol. The van der Waals surface area contributed by atoms with Gasteiger partial charge in [-0.3, -0.25) is 0 Å². The van der Waals surface area contributed by atoms with E-state index in [1.165, 1.54) is 19.1 Å². The molecule has 0 aromatic heterocycles. The van der Waals surface area contributed by atoms with Crippen molar-refractivity contribution in [3.63, 3.8) is 0 Å². The van der Waals surface area contributed by atoms with E-state index in [0.29, 0.717) is 17.3 Å². The fourth-order valence-corrected chi connectivity index (χ4v) is 2.45. The van der Waals surface area contributed by atoms with Crippen LogP contribution in [-0.4, -0.2) is 6.18 Å². The Morgan fingerprint density at radius 2 is 1.29 bits per heavy atom. The first-order valence-corrected chi connectivity index (χ1v) is 6.80. The molecular formula is C16H14F6N2. The van der Waals surface area contributed by atoms with E-state index in [9.17, 15) is 26.3 Å². The number of hydrogen-bond acceptors (Lipinski definition) is 2. The van der Waals surface area contributed by atoms with Gasteiger partial charge in [-0.2, -0.15) is 26.3 Å². The second-order valence-electron chi connectivity index (χ2n) is 5.44. The number of benzene rings is 2. The predicted octanol–water partition coefficient (Wildman–Crippen LogP) is 4.87. The zero-order valence-corrected chi connectivity index (χ0v) is 12.5. The quantitative estimate of drug-likeness (QED) is 0.601. The molecule has 0 fully saturated rings. The average molecular weight is 348 g/mol. The molecule has 8 heteroatoms. The van der Waals surface area contributed by atoms with Gasteiger partial charge in [-0.05, 0) is 41.8 Å². The monoisotopic (exact) mass is 348 g/mol. The Kier molecular flexibility index (Phi) is 4.43. The Labute approximate surface area is 134 Å². The van der Waals surface area contributed by atoms with Crippen molar-refractivity contribution >= 4 is 11.4 Å². The highest BCUT2D eigenvalue weighted by molar-refractivity contribution is 5.54. The van der Waals surface area contributed by atoms with E-state index < -0.39 is 35.1 Å². The van der Waals surface area contributed by atoms with Crippen LogP contribution in [0.5, 0.6) is 0 Å². The van der Waals surface area contributed by atoms with E-state index in [1.54, 1.807) is 0 Å². The number of aryl methyl sites for hydroxylation is 1. The van der Waals surface area contributed by atoms with Crippen LogP contribution >= 0.6 is 0 Å². The minimum absolute atomic E-state index is 0.188. The van der Waals surface area contributed by atoms with Crippen LogP contribution < -0.4 is 11.5 Å². The standard InChI is InChI=1S/C16H14F6N2/c1-8-6-9(2-4-12(8)23)14(16(20,21)22)10-3-5-13(24)11(7-10)15(17,18)19/h2-7,14H,23-24H2,1H3.